The zero-order valence-corrected chi connectivity index (χ0v) is 47.4. The maximum Gasteiger partial charge on any atom is 0.0543 e. The SMILES string of the molecule is CC(C)c1cc(N(c2ccc3c(c2)c2ccccc2n3-c2ccccc2)c2cccc3c2CCCC3)c2ccc3c(C(C)C)cc(N(c4ccc5c(c4)c4ccccc4n5-c4ccccc4)c4cccc5c4CCCC5)c4ccc1c2c34. The number of nitrogens with zero attached hydrogens (tertiary/aromatic N) is 4. The highest BCUT2D eigenvalue weighted by Crippen LogP contribution is 2.53. The molecule has 0 radical (unpaired) electrons. The van der Waals surface area contributed by atoms with E-state index >= 15 is 0 Å². The third kappa shape index (κ3) is 7.50. The standard InChI is InChI=1S/C78H66N4/c1-49(2)65-47-75(81(69-35-19-23-51-21-11-13-29-57(51)69)55-37-43-73-67(45-55)59-31-15-17-33-71(59)79(73)53-25-7-5-8-26-53)63-42-40-62-66(50(3)4)48-76(64-41-39-61(65)77(63)78(62)64)82(70-36-20-24-52-22-12-14-30-58(52)70)56-38-44-74-68(46-56)60-32-16-18-34-72(60)80(74)54-27-9-6-10-28-54/h5-10,15-20,23-28,31-50H,11-14,21-22,29-30H2,1-4H3. The fraction of sp³-hybridized carbons (Fsp3) is 0.179. The molecule has 2 heterocycles. The first-order valence-corrected chi connectivity index (χ1v) is 30.2. The van der Waals surface area contributed by atoms with E-state index in [4.69, 9.17) is 0 Å². The van der Waals surface area contributed by atoms with Gasteiger partial charge in [-0.2, -0.15) is 0 Å². The molecule has 0 bridgehead atoms. The Balaban J connectivity index is 0.992. The molecule has 16 rings (SSSR count). The molecule has 12 aromatic carbocycles. The van der Waals surface area contributed by atoms with Crippen LogP contribution in [0.25, 0.3) is 87.3 Å². The molecule has 2 aliphatic rings. The molecule has 2 aliphatic carbocycles. The second-order valence-electron chi connectivity index (χ2n) is 24.0. The van der Waals surface area contributed by atoms with Crippen molar-refractivity contribution in [3.8, 4) is 11.4 Å². The van der Waals surface area contributed by atoms with Crippen LogP contribution in [0.1, 0.15) is 98.6 Å². The summed E-state index contributed by atoms with van der Waals surface area (Å²) < 4.78 is 4.88. The number of benzene rings is 12. The lowest BCUT2D eigenvalue weighted by molar-refractivity contribution is 0.686. The smallest absolute Gasteiger partial charge is 0.0543 e. The van der Waals surface area contributed by atoms with Gasteiger partial charge in [-0.15, -0.1) is 0 Å². The molecule has 0 aliphatic heterocycles. The lowest BCUT2D eigenvalue weighted by atomic mass is 9.83. The fourth-order valence-electron chi connectivity index (χ4n) is 15.0. The molecule has 0 saturated carbocycles. The van der Waals surface area contributed by atoms with E-state index in [0.29, 0.717) is 0 Å². The lowest BCUT2D eigenvalue weighted by Gasteiger charge is -2.34. The fourth-order valence-corrected chi connectivity index (χ4v) is 15.0. The molecule has 82 heavy (non-hydrogen) atoms. The quantitative estimate of drug-likeness (QED) is 0.127. The monoisotopic (exact) mass is 1060 g/mol. The van der Waals surface area contributed by atoms with Crippen molar-refractivity contribution in [3.05, 3.63) is 252 Å². The van der Waals surface area contributed by atoms with Crippen LogP contribution >= 0.6 is 0 Å². The Morgan fingerprint density at radius 2 is 0.695 bits per heavy atom. The molecular weight excluding hydrogens is 993 g/mol. The highest BCUT2D eigenvalue weighted by molar-refractivity contribution is 6.30. The van der Waals surface area contributed by atoms with Gasteiger partial charge in [0.05, 0.1) is 33.4 Å². The van der Waals surface area contributed by atoms with Crippen LogP contribution in [0.3, 0.4) is 0 Å². The molecule has 4 nitrogen and oxygen atoms in total. The van der Waals surface area contributed by atoms with Crippen LogP contribution in [-0.2, 0) is 25.7 Å². The molecule has 0 N–H and O–H groups in total. The van der Waals surface area contributed by atoms with E-state index in [0.717, 1.165) is 25.7 Å². The van der Waals surface area contributed by atoms with E-state index in [1.165, 1.54) is 180 Å². The topological polar surface area (TPSA) is 16.3 Å². The first kappa shape index (κ1) is 48.8. The number of hydrogen-bond donors (Lipinski definition) is 0. The zero-order chi connectivity index (χ0) is 54.7. The number of para-hydroxylation sites is 4. The van der Waals surface area contributed by atoms with E-state index in [-0.39, 0.29) is 11.8 Å². The molecule has 0 fully saturated rings. The average molecular weight is 1060 g/mol. The molecule has 398 valence electrons. The summed E-state index contributed by atoms with van der Waals surface area (Å²) in [6.07, 6.45) is 9.21. The van der Waals surface area contributed by atoms with Crippen LogP contribution in [0.5, 0.6) is 0 Å². The van der Waals surface area contributed by atoms with Crippen molar-refractivity contribution in [2.24, 2.45) is 0 Å². The van der Waals surface area contributed by atoms with Gasteiger partial charge in [0, 0.05) is 66.4 Å². The van der Waals surface area contributed by atoms with E-state index < -0.39 is 0 Å². The van der Waals surface area contributed by atoms with E-state index in [2.05, 4.69) is 265 Å². The Bertz CT molecular complexity index is 4520. The molecule has 4 heteroatoms. The van der Waals surface area contributed by atoms with Crippen molar-refractivity contribution >= 4 is 110 Å². The predicted molar refractivity (Wildman–Crippen MR) is 350 cm³/mol. The van der Waals surface area contributed by atoms with Gasteiger partial charge >= 0.3 is 0 Å². The zero-order valence-electron chi connectivity index (χ0n) is 47.4. The minimum absolute atomic E-state index is 0.266. The second-order valence-corrected chi connectivity index (χ2v) is 24.0. The summed E-state index contributed by atoms with van der Waals surface area (Å²) in [6, 6.07) is 83.5. The first-order valence-electron chi connectivity index (χ1n) is 30.2. The third-order valence-electron chi connectivity index (χ3n) is 18.7. The Labute approximate surface area is 480 Å². The molecular formula is C78H66N4. The summed E-state index contributed by atoms with van der Waals surface area (Å²) in [5.74, 6) is 0.532. The van der Waals surface area contributed by atoms with Gasteiger partial charge in [-0.25, -0.2) is 0 Å². The van der Waals surface area contributed by atoms with Gasteiger partial charge in [0.25, 0.3) is 0 Å². The van der Waals surface area contributed by atoms with Crippen molar-refractivity contribution in [2.45, 2.75) is 90.9 Å². The van der Waals surface area contributed by atoms with Crippen LogP contribution in [0.4, 0.5) is 34.1 Å². The summed E-state index contributed by atoms with van der Waals surface area (Å²) in [5, 5.41) is 13.0. The normalized spacial score (nSPS) is 13.7. The van der Waals surface area contributed by atoms with Crippen LogP contribution < -0.4 is 9.80 Å². The predicted octanol–water partition coefficient (Wildman–Crippen LogP) is 21.7. The Morgan fingerprint density at radius 3 is 1.13 bits per heavy atom. The number of aromatic nitrogens is 2. The van der Waals surface area contributed by atoms with Gasteiger partial charge < -0.3 is 18.9 Å². The first-order chi connectivity index (χ1) is 40.4. The molecule has 0 spiro atoms. The summed E-state index contributed by atoms with van der Waals surface area (Å²) in [4.78, 5) is 5.34. The van der Waals surface area contributed by atoms with Gasteiger partial charge in [-0.1, -0.05) is 149 Å². The highest BCUT2D eigenvalue weighted by atomic mass is 15.2. The second kappa shape index (κ2) is 19.3. The molecule has 14 aromatic rings. The summed E-state index contributed by atoms with van der Waals surface area (Å²) >= 11 is 0. The Kier molecular flexibility index (Phi) is 11.5. The number of fused-ring (bicyclic) bond motifs is 8. The minimum atomic E-state index is 0.266. The number of rotatable bonds is 10. The van der Waals surface area contributed by atoms with Crippen molar-refractivity contribution in [1.29, 1.82) is 0 Å². The molecule has 0 atom stereocenters. The third-order valence-corrected chi connectivity index (χ3v) is 18.7. The van der Waals surface area contributed by atoms with E-state index in [1.54, 1.807) is 0 Å². The molecule has 0 saturated heterocycles. The number of anilines is 6. The van der Waals surface area contributed by atoms with Crippen molar-refractivity contribution in [1.82, 2.24) is 9.13 Å². The number of hydrogen-bond acceptors (Lipinski definition) is 2. The van der Waals surface area contributed by atoms with Crippen LogP contribution in [0.2, 0.25) is 0 Å². The Hall–Kier alpha value is -9.12. The van der Waals surface area contributed by atoms with Gasteiger partial charge in [0.15, 0.2) is 0 Å². The van der Waals surface area contributed by atoms with E-state index in [9.17, 15) is 0 Å². The van der Waals surface area contributed by atoms with Crippen molar-refractivity contribution in [3.63, 3.8) is 0 Å². The maximum absolute atomic E-state index is 2.67. The summed E-state index contributed by atoms with van der Waals surface area (Å²) in [7, 11) is 0. The largest absolute Gasteiger partial charge is 0.310 e. The molecule has 0 unspecified atom stereocenters. The maximum atomic E-state index is 2.67. The summed E-state index contributed by atoms with van der Waals surface area (Å²) in [6.45, 7) is 9.58. The minimum Gasteiger partial charge on any atom is -0.310 e. The van der Waals surface area contributed by atoms with Gasteiger partial charge in [0.2, 0.25) is 0 Å². The van der Waals surface area contributed by atoms with Crippen LogP contribution in [0, 0.1) is 0 Å². The van der Waals surface area contributed by atoms with Gasteiger partial charge in [-0.05, 0) is 215 Å². The van der Waals surface area contributed by atoms with Crippen LogP contribution in [0.15, 0.2) is 218 Å². The van der Waals surface area contributed by atoms with Crippen molar-refractivity contribution < 1.29 is 0 Å². The molecule has 2 aromatic heterocycles. The lowest BCUT2D eigenvalue weighted by Crippen LogP contribution is -2.17. The van der Waals surface area contributed by atoms with Crippen LogP contribution in [-0.4, -0.2) is 9.13 Å². The highest BCUT2D eigenvalue weighted by Gasteiger charge is 2.30. The number of aryl methyl sites for hydroxylation is 2. The molecule has 0 amide bonds. The van der Waals surface area contributed by atoms with Crippen molar-refractivity contribution in [2.75, 3.05) is 9.80 Å². The summed E-state index contributed by atoms with van der Waals surface area (Å²) in [5.41, 5.74) is 23.3. The Morgan fingerprint density at radius 1 is 0.305 bits per heavy atom. The van der Waals surface area contributed by atoms with Gasteiger partial charge in [0.1, 0.15) is 0 Å². The van der Waals surface area contributed by atoms with Gasteiger partial charge in [-0.3, -0.25) is 0 Å². The average Bonchev–Trinajstić information content (AvgIpc) is 1.58. The van der Waals surface area contributed by atoms with E-state index in [1.807, 2.05) is 0 Å².